The summed E-state index contributed by atoms with van der Waals surface area (Å²) < 4.78 is 42.0. The Morgan fingerprint density at radius 1 is 1.30 bits per heavy atom. The number of anilines is 1. The zero-order valence-electron chi connectivity index (χ0n) is 10.9. The summed E-state index contributed by atoms with van der Waals surface area (Å²) >= 11 is 0. The van der Waals surface area contributed by atoms with Gasteiger partial charge in [0, 0.05) is 6.61 Å². The Morgan fingerprint density at radius 3 is 2.65 bits per heavy atom. The molecule has 1 heterocycles. The van der Waals surface area contributed by atoms with E-state index < -0.39 is 15.8 Å². The Hall–Kier alpha value is -1.18. The number of nitrogens with one attached hydrogen (secondary N) is 1. The monoisotopic (exact) mass is 300 g/mol. The fourth-order valence-corrected chi connectivity index (χ4v) is 3.17. The normalized spacial score (nSPS) is 26.7. The van der Waals surface area contributed by atoms with Crippen molar-refractivity contribution in [3.63, 3.8) is 0 Å². The number of ether oxygens (including phenoxy) is 1. The molecule has 3 N–H and O–H groups in total. The summed E-state index contributed by atoms with van der Waals surface area (Å²) in [5.41, 5.74) is 0.290. The van der Waals surface area contributed by atoms with E-state index in [1.807, 2.05) is 0 Å². The number of halogens is 1. The van der Waals surface area contributed by atoms with Crippen molar-refractivity contribution >= 4 is 15.7 Å². The quantitative estimate of drug-likeness (QED) is 0.882. The SMILES string of the molecule is NS(=O)(=O)c1ccc(NC2CCOC2C2CC2)c(F)c1. The van der Waals surface area contributed by atoms with Crippen LogP contribution in [0.3, 0.4) is 0 Å². The van der Waals surface area contributed by atoms with Crippen molar-refractivity contribution in [1.82, 2.24) is 0 Å². The van der Waals surface area contributed by atoms with Crippen LogP contribution in [0.2, 0.25) is 0 Å². The summed E-state index contributed by atoms with van der Waals surface area (Å²) in [5, 5.41) is 8.10. The molecule has 1 aromatic carbocycles. The molecule has 110 valence electrons. The van der Waals surface area contributed by atoms with E-state index in [9.17, 15) is 12.8 Å². The first kappa shape index (κ1) is 13.8. The van der Waals surface area contributed by atoms with E-state index in [1.165, 1.54) is 12.1 Å². The second kappa shape index (κ2) is 4.98. The third-order valence-corrected chi connectivity index (χ3v) is 4.74. The molecule has 7 heteroatoms. The van der Waals surface area contributed by atoms with Gasteiger partial charge in [-0.1, -0.05) is 0 Å². The van der Waals surface area contributed by atoms with Crippen LogP contribution < -0.4 is 10.5 Å². The fourth-order valence-electron chi connectivity index (χ4n) is 2.64. The van der Waals surface area contributed by atoms with Gasteiger partial charge in [-0.2, -0.15) is 0 Å². The average Bonchev–Trinajstić information content (AvgIpc) is 3.11. The Kier molecular flexibility index (Phi) is 3.43. The smallest absolute Gasteiger partial charge is 0.238 e. The topological polar surface area (TPSA) is 81.4 Å². The third-order valence-electron chi connectivity index (χ3n) is 3.83. The molecule has 0 aromatic heterocycles. The van der Waals surface area contributed by atoms with Gasteiger partial charge < -0.3 is 10.1 Å². The number of sulfonamides is 1. The summed E-state index contributed by atoms with van der Waals surface area (Å²) in [7, 11) is -3.88. The summed E-state index contributed by atoms with van der Waals surface area (Å²) in [6.07, 6.45) is 3.29. The number of hydrogen-bond acceptors (Lipinski definition) is 4. The Morgan fingerprint density at radius 2 is 2.05 bits per heavy atom. The molecule has 5 nitrogen and oxygen atoms in total. The molecule has 1 aromatic rings. The second-order valence-electron chi connectivity index (χ2n) is 5.40. The van der Waals surface area contributed by atoms with E-state index in [4.69, 9.17) is 9.88 Å². The second-order valence-corrected chi connectivity index (χ2v) is 6.96. The van der Waals surface area contributed by atoms with Crippen molar-refractivity contribution < 1.29 is 17.5 Å². The minimum absolute atomic E-state index is 0.0809. The van der Waals surface area contributed by atoms with Crippen LogP contribution in [0, 0.1) is 11.7 Å². The van der Waals surface area contributed by atoms with Gasteiger partial charge in [0.15, 0.2) is 0 Å². The van der Waals surface area contributed by atoms with Gasteiger partial charge in [-0.05, 0) is 43.4 Å². The van der Waals surface area contributed by atoms with Crippen molar-refractivity contribution in [2.24, 2.45) is 11.1 Å². The van der Waals surface area contributed by atoms with Crippen molar-refractivity contribution in [1.29, 1.82) is 0 Å². The summed E-state index contributed by atoms with van der Waals surface area (Å²) in [6, 6.07) is 3.75. The highest BCUT2D eigenvalue weighted by atomic mass is 32.2. The van der Waals surface area contributed by atoms with Crippen LogP contribution in [0.15, 0.2) is 23.1 Å². The Balaban J connectivity index is 1.77. The third kappa shape index (κ3) is 2.79. The molecule has 2 aliphatic rings. The van der Waals surface area contributed by atoms with Gasteiger partial charge in [0.25, 0.3) is 0 Å². The van der Waals surface area contributed by atoms with Gasteiger partial charge in [0.05, 0.1) is 22.7 Å². The minimum atomic E-state index is -3.88. The molecule has 1 saturated heterocycles. The molecule has 20 heavy (non-hydrogen) atoms. The number of hydrogen-bond donors (Lipinski definition) is 2. The highest BCUT2D eigenvalue weighted by molar-refractivity contribution is 7.89. The molecule has 1 aliphatic heterocycles. The fraction of sp³-hybridized carbons (Fsp3) is 0.538. The standard InChI is InChI=1S/C13H17FN2O3S/c14-10-7-9(20(15,17)18)3-4-11(10)16-12-5-6-19-13(12)8-1-2-8/h3-4,7-8,12-13,16H,1-2,5-6H2,(H2,15,17,18). The average molecular weight is 300 g/mol. The van der Waals surface area contributed by atoms with E-state index in [0.717, 1.165) is 25.3 Å². The van der Waals surface area contributed by atoms with E-state index >= 15 is 0 Å². The van der Waals surface area contributed by atoms with Crippen LogP contribution in [0.4, 0.5) is 10.1 Å². The lowest BCUT2D eigenvalue weighted by molar-refractivity contribution is 0.0898. The molecule has 0 bridgehead atoms. The van der Waals surface area contributed by atoms with Crippen molar-refractivity contribution in [3.8, 4) is 0 Å². The van der Waals surface area contributed by atoms with Crippen LogP contribution in [-0.4, -0.2) is 27.2 Å². The number of primary sulfonamides is 1. The Labute approximate surface area is 117 Å². The van der Waals surface area contributed by atoms with E-state index in [2.05, 4.69) is 5.32 Å². The van der Waals surface area contributed by atoms with Crippen LogP contribution >= 0.6 is 0 Å². The van der Waals surface area contributed by atoms with Gasteiger partial charge in [-0.25, -0.2) is 17.9 Å². The molecule has 2 unspecified atom stereocenters. The zero-order valence-corrected chi connectivity index (χ0v) is 11.7. The molecular weight excluding hydrogens is 283 g/mol. The highest BCUT2D eigenvalue weighted by Crippen LogP contribution is 2.39. The van der Waals surface area contributed by atoms with Crippen LogP contribution in [0.1, 0.15) is 19.3 Å². The van der Waals surface area contributed by atoms with Crippen molar-refractivity contribution in [2.45, 2.75) is 36.3 Å². The molecule has 0 radical (unpaired) electrons. The lowest BCUT2D eigenvalue weighted by Gasteiger charge is -2.21. The summed E-state index contributed by atoms with van der Waals surface area (Å²) in [6.45, 7) is 0.676. The van der Waals surface area contributed by atoms with Gasteiger partial charge in [-0.15, -0.1) is 0 Å². The lowest BCUT2D eigenvalue weighted by atomic mass is 10.1. The zero-order chi connectivity index (χ0) is 14.3. The number of benzene rings is 1. The predicted molar refractivity (Wildman–Crippen MR) is 72.3 cm³/mol. The van der Waals surface area contributed by atoms with Gasteiger partial charge in [-0.3, -0.25) is 0 Å². The van der Waals surface area contributed by atoms with Crippen LogP contribution in [0.5, 0.6) is 0 Å². The Bertz CT molecular complexity index is 616. The maximum absolute atomic E-state index is 14.0. The lowest BCUT2D eigenvalue weighted by Crippen LogP contribution is -2.31. The maximum Gasteiger partial charge on any atom is 0.238 e. The molecule has 0 spiro atoms. The molecule has 2 atom stereocenters. The van der Waals surface area contributed by atoms with Gasteiger partial charge in [0.2, 0.25) is 10.0 Å². The number of rotatable bonds is 4. The minimum Gasteiger partial charge on any atom is -0.377 e. The van der Waals surface area contributed by atoms with Crippen LogP contribution in [0.25, 0.3) is 0 Å². The molecule has 2 fully saturated rings. The molecule has 1 saturated carbocycles. The molecule has 3 rings (SSSR count). The highest BCUT2D eigenvalue weighted by Gasteiger charge is 2.40. The summed E-state index contributed by atoms with van der Waals surface area (Å²) in [5.74, 6) is -0.0419. The first-order valence-corrected chi connectivity index (χ1v) is 8.20. The van der Waals surface area contributed by atoms with E-state index in [-0.39, 0.29) is 17.0 Å². The van der Waals surface area contributed by atoms with Crippen molar-refractivity contribution in [3.05, 3.63) is 24.0 Å². The molecule has 1 aliphatic carbocycles. The van der Waals surface area contributed by atoms with Crippen LogP contribution in [-0.2, 0) is 14.8 Å². The summed E-state index contributed by atoms with van der Waals surface area (Å²) in [4.78, 5) is -0.220. The largest absolute Gasteiger partial charge is 0.377 e. The number of nitrogens with two attached hydrogens (primary N) is 1. The predicted octanol–water partition coefficient (Wildman–Crippen LogP) is 1.45. The first-order valence-electron chi connectivity index (χ1n) is 6.65. The van der Waals surface area contributed by atoms with Crippen molar-refractivity contribution in [2.75, 3.05) is 11.9 Å². The van der Waals surface area contributed by atoms with Gasteiger partial charge in [0.1, 0.15) is 5.82 Å². The maximum atomic E-state index is 14.0. The first-order chi connectivity index (χ1) is 9.45. The molecule has 0 amide bonds. The van der Waals surface area contributed by atoms with E-state index in [1.54, 1.807) is 0 Å². The molecular formula is C13H17FN2O3S. The van der Waals surface area contributed by atoms with Gasteiger partial charge >= 0.3 is 0 Å². The van der Waals surface area contributed by atoms with E-state index in [0.29, 0.717) is 18.2 Å².